The molecule has 1 aliphatic rings. The molecule has 7 heteroatoms. The summed E-state index contributed by atoms with van der Waals surface area (Å²) in [5, 5.41) is 11.4. The van der Waals surface area contributed by atoms with Crippen molar-refractivity contribution in [2.75, 3.05) is 23.9 Å². The number of aromatic amines is 1. The van der Waals surface area contributed by atoms with Crippen LogP contribution in [0.15, 0.2) is 54.9 Å². The van der Waals surface area contributed by atoms with Crippen LogP contribution in [0, 0.1) is 0 Å². The highest BCUT2D eigenvalue weighted by Crippen LogP contribution is 2.27. The zero-order chi connectivity index (χ0) is 18.9. The highest BCUT2D eigenvalue weighted by Gasteiger charge is 2.19. The molecule has 2 N–H and O–H groups in total. The normalized spacial score (nSPS) is 13.4. The quantitative estimate of drug-likeness (QED) is 0.569. The third-order valence-electron chi connectivity index (χ3n) is 5.06. The van der Waals surface area contributed by atoms with Crippen LogP contribution in [0.5, 0.6) is 5.75 Å². The van der Waals surface area contributed by atoms with E-state index in [2.05, 4.69) is 37.5 Å². The van der Waals surface area contributed by atoms with Crippen molar-refractivity contribution in [1.82, 2.24) is 20.2 Å². The Balaban J connectivity index is 1.38. The van der Waals surface area contributed by atoms with E-state index in [1.54, 1.807) is 13.3 Å². The van der Waals surface area contributed by atoms with Gasteiger partial charge in [0.2, 0.25) is 5.95 Å². The van der Waals surface area contributed by atoms with Gasteiger partial charge in [-0.15, -0.1) is 0 Å². The maximum atomic E-state index is 5.36. The Hall–Kier alpha value is -3.61. The molecule has 1 aliphatic heterocycles. The van der Waals surface area contributed by atoms with Crippen molar-refractivity contribution in [3.05, 3.63) is 66.0 Å². The van der Waals surface area contributed by atoms with Gasteiger partial charge in [0, 0.05) is 30.4 Å². The second kappa shape index (κ2) is 6.84. The Morgan fingerprint density at radius 3 is 3.00 bits per heavy atom. The summed E-state index contributed by atoms with van der Waals surface area (Å²) in [6.45, 7) is 1.67. The average molecular weight is 372 g/mol. The van der Waals surface area contributed by atoms with Crippen LogP contribution in [0.4, 0.5) is 17.5 Å². The molecule has 28 heavy (non-hydrogen) atoms. The SMILES string of the molecule is COc1ccc2c(c1)CN(c1nccc(Nc3ccc4[nH]ncc4c3)n1)CC2. The number of hydrogen-bond donors (Lipinski definition) is 2. The first-order chi connectivity index (χ1) is 13.8. The van der Waals surface area contributed by atoms with Gasteiger partial charge in [-0.25, -0.2) is 4.98 Å². The van der Waals surface area contributed by atoms with Gasteiger partial charge in [-0.05, 0) is 53.9 Å². The molecule has 0 atom stereocenters. The summed E-state index contributed by atoms with van der Waals surface area (Å²) in [5.74, 6) is 2.37. The van der Waals surface area contributed by atoms with Crippen LogP contribution in [-0.2, 0) is 13.0 Å². The maximum absolute atomic E-state index is 5.36. The van der Waals surface area contributed by atoms with Gasteiger partial charge in [-0.3, -0.25) is 5.10 Å². The van der Waals surface area contributed by atoms with Gasteiger partial charge < -0.3 is 15.0 Å². The fraction of sp³-hybridized carbons (Fsp3) is 0.190. The van der Waals surface area contributed by atoms with E-state index in [9.17, 15) is 0 Å². The number of aromatic nitrogens is 4. The van der Waals surface area contributed by atoms with E-state index in [1.165, 1.54) is 11.1 Å². The lowest BCUT2D eigenvalue weighted by Gasteiger charge is -2.29. The summed E-state index contributed by atoms with van der Waals surface area (Å²) in [5.41, 5.74) is 4.60. The van der Waals surface area contributed by atoms with E-state index in [1.807, 2.05) is 36.5 Å². The molecule has 0 amide bonds. The molecule has 0 saturated carbocycles. The predicted molar refractivity (Wildman–Crippen MR) is 109 cm³/mol. The van der Waals surface area contributed by atoms with Crippen LogP contribution in [-0.4, -0.2) is 33.8 Å². The number of H-pyrrole nitrogens is 1. The van der Waals surface area contributed by atoms with Gasteiger partial charge in [0.25, 0.3) is 0 Å². The number of fused-ring (bicyclic) bond motifs is 2. The van der Waals surface area contributed by atoms with Crippen molar-refractivity contribution >= 4 is 28.4 Å². The molecule has 3 heterocycles. The lowest BCUT2D eigenvalue weighted by Crippen LogP contribution is -2.31. The van der Waals surface area contributed by atoms with E-state index in [0.29, 0.717) is 0 Å². The second-order valence-corrected chi connectivity index (χ2v) is 6.85. The smallest absolute Gasteiger partial charge is 0.227 e. The summed E-state index contributed by atoms with van der Waals surface area (Å²) >= 11 is 0. The van der Waals surface area contributed by atoms with Crippen LogP contribution in [0.25, 0.3) is 10.9 Å². The molecule has 5 rings (SSSR count). The second-order valence-electron chi connectivity index (χ2n) is 6.85. The number of nitrogens with zero attached hydrogens (tertiary/aromatic N) is 4. The molecule has 140 valence electrons. The third kappa shape index (κ3) is 3.11. The average Bonchev–Trinajstić information content (AvgIpc) is 3.21. The molecule has 0 bridgehead atoms. The molecule has 0 aliphatic carbocycles. The largest absolute Gasteiger partial charge is 0.497 e. The molecule has 2 aromatic heterocycles. The van der Waals surface area contributed by atoms with Gasteiger partial charge in [0.05, 0.1) is 18.8 Å². The predicted octanol–water partition coefficient (Wildman–Crippen LogP) is 3.67. The summed E-state index contributed by atoms with van der Waals surface area (Å²) in [4.78, 5) is 11.4. The summed E-state index contributed by atoms with van der Waals surface area (Å²) in [7, 11) is 1.70. The number of nitrogens with one attached hydrogen (secondary N) is 2. The molecule has 7 nitrogen and oxygen atoms in total. The van der Waals surface area contributed by atoms with Crippen LogP contribution >= 0.6 is 0 Å². The molecule has 0 spiro atoms. The molecular weight excluding hydrogens is 352 g/mol. The van der Waals surface area contributed by atoms with Crippen molar-refractivity contribution in [2.45, 2.75) is 13.0 Å². The number of ether oxygens (including phenoxy) is 1. The van der Waals surface area contributed by atoms with Crippen molar-refractivity contribution in [1.29, 1.82) is 0 Å². The van der Waals surface area contributed by atoms with Crippen molar-refractivity contribution < 1.29 is 4.74 Å². The van der Waals surface area contributed by atoms with Crippen LogP contribution in [0.2, 0.25) is 0 Å². The van der Waals surface area contributed by atoms with Crippen molar-refractivity contribution in [2.24, 2.45) is 0 Å². The van der Waals surface area contributed by atoms with E-state index < -0.39 is 0 Å². The minimum absolute atomic E-state index is 0.725. The molecule has 2 aromatic carbocycles. The number of benzene rings is 2. The number of hydrogen-bond acceptors (Lipinski definition) is 6. The van der Waals surface area contributed by atoms with E-state index in [-0.39, 0.29) is 0 Å². The highest BCUT2D eigenvalue weighted by atomic mass is 16.5. The Morgan fingerprint density at radius 1 is 1.11 bits per heavy atom. The number of methoxy groups -OCH3 is 1. The highest BCUT2D eigenvalue weighted by molar-refractivity contribution is 5.82. The standard InChI is InChI=1S/C21H20N6O/c1-28-18-4-2-14-7-9-27(13-16(14)11-18)21-22-8-6-20(25-21)24-17-3-5-19-15(10-17)12-23-26-19/h2-6,8,10-12H,7,9,13H2,1H3,(H,23,26)(H,22,24,25). The molecule has 0 fully saturated rings. The zero-order valence-electron chi connectivity index (χ0n) is 15.5. The Bertz CT molecular complexity index is 1140. The number of anilines is 3. The lowest BCUT2D eigenvalue weighted by molar-refractivity contribution is 0.413. The van der Waals surface area contributed by atoms with Crippen LogP contribution in [0.3, 0.4) is 0 Å². The molecule has 4 aromatic rings. The third-order valence-corrected chi connectivity index (χ3v) is 5.06. The zero-order valence-corrected chi connectivity index (χ0v) is 15.5. The molecular formula is C21H20N6O. The molecule has 0 saturated heterocycles. The molecule has 0 unspecified atom stereocenters. The van der Waals surface area contributed by atoms with Crippen LogP contribution < -0.4 is 15.0 Å². The monoisotopic (exact) mass is 372 g/mol. The van der Waals surface area contributed by atoms with Gasteiger partial charge >= 0.3 is 0 Å². The number of rotatable bonds is 4. The van der Waals surface area contributed by atoms with Gasteiger partial charge in [0.1, 0.15) is 11.6 Å². The maximum Gasteiger partial charge on any atom is 0.227 e. The van der Waals surface area contributed by atoms with E-state index in [0.717, 1.165) is 53.6 Å². The fourth-order valence-corrected chi connectivity index (χ4v) is 3.57. The van der Waals surface area contributed by atoms with Gasteiger partial charge in [-0.1, -0.05) is 6.07 Å². The summed E-state index contributed by atoms with van der Waals surface area (Å²) in [6, 6.07) is 14.2. The Kier molecular flexibility index (Phi) is 4.05. The van der Waals surface area contributed by atoms with E-state index in [4.69, 9.17) is 9.72 Å². The van der Waals surface area contributed by atoms with E-state index >= 15 is 0 Å². The Labute approximate surface area is 162 Å². The first-order valence-electron chi connectivity index (χ1n) is 9.22. The topological polar surface area (TPSA) is 79.0 Å². The summed E-state index contributed by atoms with van der Waals surface area (Å²) < 4.78 is 5.36. The van der Waals surface area contributed by atoms with Crippen LogP contribution in [0.1, 0.15) is 11.1 Å². The van der Waals surface area contributed by atoms with Crippen molar-refractivity contribution in [3.8, 4) is 5.75 Å². The minimum atomic E-state index is 0.725. The molecule has 0 radical (unpaired) electrons. The summed E-state index contributed by atoms with van der Waals surface area (Å²) in [6.07, 6.45) is 4.57. The van der Waals surface area contributed by atoms with Gasteiger partial charge in [0.15, 0.2) is 0 Å². The first-order valence-corrected chi connectivity index (χ1v) is 9.22. The van der Waals surface area contributed by atoms with Gasteiger partial charge in [-0.2, -0.15) is 10.1 Å². The minimum Gasteiger partial charge on any atom is -0.497 e. The van der Waals surface area contributed by atoms with Crippen molar-refractivity contribution in [3.63, 3.8) is 0 Å². The Morgan fingerprint density at radius 2 is 2.07 bits per heavy atom. The lowest BCUT2D eigenvalue weighted by atomic mass is 10.00. The first kappa shape index (κ1) is 16.6. The fourth-order valence-electron chi connectivity index (χ4n) is 3.57.